The number of urea groups is 1. The number of hydrogen-bond acceptors (Lipinski definition) is 4. The van der Waals surface area contributed by atoms with Crippen molar-refractivity contribution >= 4 is 30.3 Å². The first-order valence-corrected chi connectivity index (χ1v) is 10.2. The Hall–Kier alpha value is -2.12. The molecule has 7 nitrogen and oxygen atoms in total. The molecule has 4 amide bonds. The number of carbonyl (C=O) groups excluding carboxylic acids is 3. The summed E-state index contributed by atoms with van der Waals surface area (Å²) in [6.45, 7) is 1.43. The van der Waals surface area contributed by atoms with Crippen LogP contribution in [-0.4, -0.2) is 59.4 Å². The highest BCUT2D eigenvalue weighted by atomic mass is 35.5. The Morgan fingerprint density at radius 3 is 2.45 bits per heavy atom. The van der Waals surface area contributed by atoms with Gasteiger partial charge in [0.25, 0.3) is 5.91 Å². The molecule has 0 radical (unpaired) electrons. The summed E-state index contributed by atoms with van der Waals surface area (Å²) in [6, 6.07) is 9.64. The number of hydrogen-bond donors (Lipinski definition) is 2. The van der Waals surface area contributed by atoms with E-state index in [0.29, 0.717) is 32.5 Å². The lowest BCUT2D eigenvalue weighted by atomic mass is 9.82. The minimum Gasteiger partial charge on any atom is -0.340 e. The van der Waals surface area contributed by atoms with Crippen LogP contribution in [0.15, 0.2) is 30.3 Å². The zero-order valence-corrected chi connectivity index (χ0v) is 17.3. The first-order chi connectivity index (χ1) is 13.5. The van der Waals surface area contributed by atoms with Gasteiger partial charge < -0.3 is 16.0 Å². The van der Waals surface area contributed by atoms with E-state index in [4.69, 9.17) is 5.73 Å². The molecule has 3 fully saturated rings. The summed E-state index contributed by atoms with van der Waals surface area (Å²) in [5.74, 6) is -0.0601. The van der Waals surface area contributed by atoms with Crippen LogP contribution in [0.2, 0.25) is 0 Å². The van der Waals surface area contributed by atoms with E-state index in [1.54, 1.807) is 4.90 Å². The number of halogens is 1. The molecule has 2 atom stereocenters. The Bertz CT molecular complexity index is 766. The van der Waals surface area contributed by atoms with Crippen molar-refractivity contribution < 1.29 is 14.4 Å². The van der Waals surface area contributed by atoms with E-state index in [0.717, 1.165) is 24.2 Å². The predicted octanol–water partition coefficient (Wildman–Crippen LogP) is 1.86. The predicted molar refractivity (Wildman–Crippen MR) is 112 cm³/mol. The number of nitrogens with two attached hydrogens (primary N) is 1. The van der Waals surface area contributed by atoms with Crippen molar-refractivity contribution in [3.8, 4) is 0 Å². The summed E-state index contributed by atoms with van der Waals surface area (Å²) in [5, 5.41) is 2.87. The Morgan fingerprint density at radius 1 is 1.10 bits per heavy atom. The summed E-state index contributed by atoms with van der Waals surface area (Å²) in [4.78, 5) is 41.1. The maximum absolute atomic E-state index is 12.9. The molecule has 29 heavy (non-hydrogen) atoms. The van der Waals surface area contributed by atoms with Gasteiger partial charge >= 0.3 is 6.03 Å². The van der Waals surface area contributed by atoms with Crippen molar-refractivity contribution in [1.29, 1.82) is 0 Å². The van der Waals surface area contributed by atoms with Gasteiger partial charge in [-0.15, -0.1) is 12.4 Å². The van der Waals surface area contributed by atoms with Crippen LogP contribution in [0.1, 0.15) is 43.6 Å². The summed E-state index contributed by atoms with van der Waals surface area (Å²) < 4.78 is 0. The Morgan fingerprint density at radius 2 is 1.79 bits per heavy atom. The molecule has 0 aromatic heterocycles. The normalized spacial score (nSPS) is 25.8. The van der Waals surface area contributed by atoms with Crippen LogP contribution < -0.4 is 11.1 Å². The van der Waals surface area contributed by atoms with Gasteiger partial charge in [0.05, 0.1) is 0 Å². The molecule has 1 aliphatic carbocycles. The second-order valence-electron chi connectivity index (χ2n) is 8.28. The highest BCUT2D eigenvalue weighted by Crippen LogP contribution is 2.35. The number of rotatable bonds is 4. The first-order valence-electron chi connectivity index (χ1n) is 10.2. The molecular formula is C21H29ClN4O3. The van der Waals surface area contributed by atoms with Crippen LogP contribution in [-0.2, 0) is 9.59 Å². The molecule has 0 bridgehead atoms. The van der Waals surface area contributed by atoms with Crippen LogP contribution in [0, 0.1) is 5.92 Å². The van der Waals surface area contributed by atoms with Gasteiger partial charge in [-0.2, -0.15) is 0 Å². The second-order valence-corrected chi connectivity index (χ2v) is 8.28. The van der Waals surface area contributed by atoms with E-state index in [1.807, 2.05) is 18.2 Å². The summed E-state index contributed by atoms with van der Waals surface area (Å²) in [6.07, 6.45) is 4.27. The van der Waals surface area contributed by atoms with Crippen LogP contribution in [0.5, 0.6) is 0 Å². The first kappa shape index (κ1) is 21.6. The SMILES string of the molecule is Cl.NC[C@@H]1CN(C(=O)CN2C(=O)NC3(CCCCC3)C2=O)C[C@H]1c1ccccc1. The lowest BCUT2D eigenvalue weighted by molar-refractivity contribution is -0.139. The minimum absolute atomic E-state index is 0. The number of amides is 4. The largest absolute Gasteiger partial charge is 0.340 e. The number of nitrogens with zero attached hydrogens (tertiary/aromatic N) is 2. The van der Waals surface area contributed by atoms with Gasteiger partial charge in [0.2, 0.25) is 5.91 Å². The van der Waals surface area contributed by atoms with Crippen molar-refractivity contribution in [2.75, 3.05) is 26.2 Å². The number of likely N-dealkylation sites (tertiary alicyclic amines) is 1. The van der Waals surface area contributed by atoms with E-state index in [-0.39, 0.29) is 42.6 Å². The standard InChI is InChI=1S/C21H28N4O3.ClH/c22-11-16-12-24(13-17(16)15-7-3-1-4-8-15)18(26)14-25-19(27)21(23-20(25)28)9-5-2-6-10-21;/h1,3-4,7-8,16-17H,2,5-6,9-14,22H2,(H,23,28);1H/t16-,17+;/m1./s1. The maximum atomic E-state index is 12.9. The average molecular weight is 421 g/mol. The van der Waals surface area contributed by atoms with Crippen molar-refractivity contribution in [2.24, 2.45) is 11.7 Å². The molecule has 3 N–H and O–H groups in total. The van der Waals surface area contributed by atoms with Gasteiger partial charge in [0.1, 0.15) is 12.1 Å². The molecule has 2 heterocycles. The molecule has 1 aromatic carbocycles. The number of nitrogens with one attached hydrogen (secondary N) is 1. The van der Waals surface area contributed by atoms with Gasteiger partial charge in [-0.3, -0.25) is 14.5 Å². The van der Waals surface area contributed by atoms with Gasteiger partial charge in [-0.05, 0) is 30.9 Å². The molecule has 158 valence electrons. The summed E-state index contributed by atoms with van der Waals surface area (Å²) in [7, 11) is 0. The molecule has 3 aliphatic rings. The van der Waals surface area contributed by atoms with Crippen LogP contribution in [0.25, 0.3) is 0 Å². The third kappa shape index (κ3) is 3.98. The Labute approximate surface area is 177 Å². The smallest absolute Gasteiger partial charge is 0.325 e. The summed E-state index contributed by atoms with van der Waals surface area (Å²) in [5.41, 5.74) is 6.34. The lowest BCUT2D eigenvalue weighted by Gasteiger charge is -2.30. The molecule has 2 aliphatic heterocycles. The molecule has 8 heteroatoms. The molecule has 0 unspecified atom stereocenters. The van der Waals surface area contributed by atoms with Crippen molar-refractivity contribution in [1.82, 2.24) is 15.1 Å². The monoisotopic (exact) mass is 420 g/mol. The third-order valence-corrected chi connectivity index (χ3v) is 6.57. The number of carbonyl (C=O) groups is 3. The van der Waals surface area contributed by atoms with E-state index in [9.17, 15) is 14.4 Å². The molecular weight excluding hydrogens is 392 g/mol. The molecule has 1 aromatic rings. The minimum atomic E-state index is -0.785. The fourth-order valence-electron chi connectivity index (χ4n) is 4.94. The van der Waals surface area contributed by atoms with Crippen LogP contribution in [0.3, 0.4) is 0 Å². The maximum Gasteiger partial charge on any atom is 0.325 e. The second kappa shape index (κ2) is 8.71. The highest BCUT2D eigenvalue weighted by molar-refractivity contribution is 6.09. The average Bonchev–Trinajstić information content (AvgIpc) is 3.25. The summed E-state index contributed by atoms with van der Waals surface area (Å²) >= 11 is 0. The fourth-order valence-corrected chi connectivity index (χ4v) is 4.94. The van der Waals surface area contributed by atoms with Crippen LogP contribution in [0.4, 0.5) is 4.79 Å². The van der Waals surface area contributed by atoms with Crippen molar-refractivity contribution in [2.45, 2.75) is 43.6 Å². The van der Waals surface area contributed by atoms with E-state index in [2.05, 4.69) is 17.4 Å². The van der Waals surface area contributed by atoms with Gasteiger partial charge in [0.15, 0.2) is 0 Å². The molecule has 1 spiro atoms. The highest BCUT2D eigenvalue weighted by Gasteiger charge is 2.52. The van der Waals surface area contributed by atoms with Gasteiger partial charge in [-0.1, -0.05) is 49.6 Å². The molecule has 4 rings (SSSR count). The van der Waals surface area contributed by atoms with E-state index < -0.39 is 11.6 Å². The lowest BCUT2D eigenvalue weighted by Crippen LogP contribution is -2.49. The Balaban J connectivity index is 0.00000240. The van der Waals surface area contributed by atoms with Crippen molar-refractivity contribution in [3.63, 3.8) is 0 Å². The number of imide groups is 1. The van der Waals surface area contributed by atoms with Crippen molar-refractivity contribution in [3.05, 3.63) is 35.9 Å². The van der Waals surface area contributed by atoms with E-state index >= 15 is 0 Å². The van der Waals surface area contributed by atoms with E-state index in [1.165, 1.54) is 5.56 Å². The molecule has 1 saturated carbocycles. The quantitative estimate of drug-likeness (QED) is 0.727. The zero-order chi connectivity index (χ0) is 19.7. The third-order valence-electron chi connectivity index (χ3n) is 6.57. The van der Waals surface area contributed by atoms with Gasteiger partial charge in [-0.25, -0.2) is 4.79 Å². The number of benzene rings is 1. The molecule has 2 saturated heterocycles. The Kier molecular flexibility index (Phi) is 6.49. The zero-order valence-electron chi connectivity index (χ0n) is 16.5. The van der Waals surface area contributed by atoms with Crippen LogP contribution >= 0.6 is 12.4 Å². The topological polar surface area (TPSA) is 95.7 Å². The fraction of sp³-hybridized carbons (Fsp3) is 0.571. The van der Waals surface area contributed by atoms with Gasteiger partial charge in [0, 0.05) is 19.0 Å².